The summed E-state index contributed by atoms with van der Waals surface area (Å²) in [6, 6.07) is 15.6. The topological polar surface area (TPSA) is 63.8 Å². The maximum atomic E-state index is 11.7. The number of phenols is 1. The van der Waals surface area contributed by atoms with E-state index in [-0.39, 0.29) is 11.3 Å². The average molecular weight is 355 g/mol. The van der Waals surface area contributed by atoms with Gasteiger partial charge in [-0.25, -0.2) is 4.79 Å². The van der Waals surface area contributed by atoms with E-state index in [0.29, 0.717) is 10.7 Å². The fourth-order valence-corrected chi connectivity index (χ4v) is 2.54. The zero-order valence-corrected chi connectivity index (χ0v) is 14.1. The molecule has 0 spiro atoms. The fourth-order valence-electron chi connectivity index (χ4n) is 2.35. The van der Waals surface area contributed by atoms with Crippen molar-refractivity contribution in [2.24, 2.45) is 4.99 Å². The lowest BCUT2D eigenvalue weighted by molar-refractivity contribution is 0.0601. The van der Waals surface area contributed by atoms with Crippen molar-refractivity contribution in [2.45, 2.75) is 0 Å². The van der Waals surface area contributed by atoms with Crippen molar-refractivity contribution >= 4 is 29.5 Å². The number of hydrogen-bond acceptors (Lipinski definition) is 4. The number of hydrogen-bond donors (Lipinski definition) is 1. The Balaban J connectivity index is 1.90. The first-order chi connectivity index (χ1) is 12.1. The summed E-state index contributed by atoms with van der Waals surface area (Å²) in [7, 11) is 1.30. The molecule has 0 radical (unpaired) electrons. The monoisotopic (exact) mass is 354 g/mol. The molecule has 3 rings (SSSR count). The Labute approximate surface area is 149 Å². The first-order valence-electron chi connectivity index (χ1n) is 7.47. The Bertz CT molecular complexity index is 930. The van der Waals surface area contributed by atoms with Gasteiger partial charge in [-0.2, -0.15) is 0 Å². The minimum absolute atomic E-state index is 0.211. The molecule has 0 saturated carbocycles. The first kappa shape index (κ1) is 16.8. The van der Waals surface area contributed by atoms with Gasteiger partial charge in [0.05, 0.1) is 35.3 Å². The van der Waals surface area contributed by atoms with Gasteiger partial charge in [0.1, 0.15) is 5.75 Å². The molecule has 1 N–H and O–H groups in total. The van der Waals surface area contributed by atoms with Crippen molar-refractivity contribution in [2.75, 3.05) is 7.11 Å². The van der Waals surface area contributed by atoms with Gasteiger partial charge >= 0.3 is 5.97 Å². The minimum atomic E-state index is -0.505. The molecule has 5 nitrogen and oxygen atoms in total. The molecule has 0 aliphatic carbocycles. The fraction of sp³-hybridized carbons (Fsp3) is 0.0526. The van der Waals surface area contributed by atoms with Crippen LogP contribution in [0.25, 0.3) is 5.69 Å². The van der Waals surface area contributed by atoms with Crippen LogP contribution in [0.5, 0.6) is 5.75 Å². The van der Waals surface area contributed by atoms with E-state index < -0.39 is 5.97 Å². The van der Waals surface area contributed by atoms with E-state index in [1.165, 1.54) is 7.11 Å². The molecule has 0 aliphatic heterocycles. The zero-order chi connectivity index (χ0) is 17.8. The van der Waals surface area contributed by atoms with E-state index in [1.807, 2.05) is 35.0 Å². The van der Waals surface area contributed by atoms with Crippen molar-refractivity contribution in [1.82, 2.24) is 4.57 Å². The SMILES string of the molecule is COC(=O)c1cc(N=Cc2cccn2-c2ccc(O)cc2)ccc1Cl. The summed E-state index contributed by atoms with van der Waals surface area (Å²) in [6.45, 7) is 0. The summed E-state index contributed by atoms with van der Waals surface area (Å²) in [5.74, 6) is -0.294. The van der Waals surface area contributed by atoms with Crippen LogP contribution in [0.2, 0.25) is 5.02 Å². The van der Waals surface area contributed by atoms with Crippen molar-refractivity contribution < 1.29 is 14.6 Å². The third kappa shape index (κ3) is 3.72. The number of aromatic nitrogens is 1. The van der Waals surface area contributed by atoms with Gasteiger partial charge in [0.2, 0.25) is 0 Å². The quantitative estimate of drug-likeness (QED) is 0.558. The molecule has 0 atom stereocenters. The Morgan fingerprint density at radius 2 is 1.96 bits per heavy atom. The summed E-state index contributed by atoms with van der Waals surface area (Å²) >= 11 is 6.01. The third-order valence-electron chi connectivity index (χ3n) is 3.61. The second-order valence-corrected chi connectivity index (χ2v) is 5.64. The predicted molar refractivity (Wildman–Crippen MR) is 97.5 cm³/mol. The largest absolute Gasteiger partial charge is 0.508 e. The van der Waals surface area contributed by atoms with E-state index in [0.717, 1.165) is 11.4 Å². The normalized spacial score (nSPS) is 11.0. The average Bonchev–Trinajstić information content (AvgIpc) is 3.09. The van der Waals surface area contributed by atoms with Crippen molar-refractivity contribution in [3.63, 3.8) is 0 Å². The van der Waals surface area contributed by atoms with Crippen molar-refractivity contribution in [1.29, 1.82) is 0 Å². The molecule has 2 aromatic carbocycles. The van der Waals surface area contributed by atoms with Crippen LogP contribution in [-0.4, -0.2) is 29.0 Å². The number of aromatic hydroxyl groups is 1. The zero-order valence-electron chi connectivity index (χ0n) is 13.4. The van der Waals surface area contributed by atoms with Gasteiger partial charge in [-0.3, -0.25) is 4.99 Å². The molecule has 0 saturated heterocycles. The number of carbonyl (C=O) groups is 1. The molecular weight excluding hydrogens is 340 g/mol. The molecule has 0 fully saturated rings. The lowest BCUT2D eigenvalue weighted by Gasteiger charge is -2.06. The Morgan fingerprint density at radius 3 is 2.68 bits per heavy atom. The molecule has 0 amide bonds. The highest BCUT2D eigenvalue weighted by Crippen LogP contribution is 2.23. The summed E-state index contributed by atoms with van der Waals surface area (Å²) in [6.07, 6.45) is 3.59. The lowest BCUT2D eigenvalue weighted by Crippen LogP contribution is -2.01. The number of phenolic OH excluding ortho intramolecular Hbond substituents is 1. The summed E-state index contributed by atoms with van der Waals surface area (Å²) in [5, 5.41) is 9.72. The predicted octanol–water partition coefficient (Wildman–Crippen LogP) is 4.37. The minimum Gasteiger partial charge on any atom is -0.508 e. The number of esters is 1. The number of ether oxygens (including phenoxy) is 1. The number of nitrogens with zero attached hydrogens (tertiary/aromatic N) is 2. The van der Waals surface area contributed by atoms with Crippen LogP contribution >= 0.6 is 11.6 Å². The summed E-state index contributed by atoms with van der Waals surface area (Å²) in [4.78, 5) is 16.1. The van der Waals surface area contributed by atoms with Crippen molar-refractivity contribution in [3.8, 4) is 11.4 Å². The molecule has 1 aromatic heterocycles. The van der Waals surface area contributed by atoms with Gasteiger partial charge in [0.15, 0.2) is 0 Å². The molecule has 0 unspecified atom stereocenters. The molecule has 3 aromatic rings. The third-order valence-corrected chi connectivity index (χ3v) is 3.94. The van der Waals surface area contributed by atoms with Crippen LogP contribution in [0.15, 0.2) is 65.8 Å². The van der Waals surface area contributed by atoms with Crippen LogP contribution in [0.3, 0.4) is 0 Å². The van der Waals surface area contributed by atoms with Gasteiger partial charge in [-0.05, 0) is 54.6 Å². The molecule has 6 heteroatoms. The number of carbonyl (C=O) groups excluding carboxylic acids is 1. The lowest BCUT2D eigenvalue weighted by atomic mass is 10.2. The van der Waals surface area contributed by atoms with E-state index in [2.05, 4.69) is 4.99 Å². The molecule has 25 heavy (non-hydrogen) atoms. The Hall–Kier alpha value is -3.05. The highest BCUT2D eigenvalue weighted by molar-refractivity contribution is 6.33. The van der Waals surface area contributed by atoms with Crippen molar-refractivity contribution in [3.05, 3.63) is 77.1 Å². The van der Waals surface area contributed by atoms with Crippen LogP contribution in [0.4, 0.5) is 5.69 Å². The van der Waals surface area contributed by atoms with Crippen LogP contribution in [0, 0.1) is 0 Å². The summed E-state index contributed by atoms with van der Waals surface area (Å²) in [5.41, 5.74) is 2.60. The molecule has 0 aliphatic rings. The number of methoxy groups -OCH3 is 1. The van der Waals surface area contributed by atoms with Gasteiger partial charge in [0, 0.05) is 11.9 Å². The molecular formula is C19H15ClN2O3. The second-order valence-electron chi connectivity index (χ2n) is 5.23. The van der Waals surface area contributed by atoms with Gasteiger partial charge in [0.25, 0.3) is 0 Å². The van der Waals surface area contributed by atoms with Crippen LogP contribution < -0.4 is 0 Å². The van der Waals surface area contributed by atoms with E-state index in [9.17, 15) is 9.90 Å². The molecule has 1 heterocycles. The number of benzene rings is 2. The maximum Gasteiger partial charge on any atom is 0.339 e. The summed E-state index contributed by atoms with van der Waals surface area (Å²) < 4.78 is 6.64. The first-order valence-corrected chi connectivity index (χ1v) is 7.85. The molecule has 0 bridgehead atoms. The van der Waals surface area contributed by atoms with E-state index >= 15 is 0 Å². The van der Waals surface area contributed by atoms with Gasteiger partial charge < -0.3 is 14.4 Å². The smallest absolute Gasteiger partial charge is 0.339 e. The Kier molecular flexibility index (Phi) is 4.86. The number of rotatable bonds is 4. The van der Waals surface area contributed by atoms with E-state index in [4.69, 9.17) is 16.3 Å². The maximum absolute atomic E-state index is 11.7. The molecule has 126 valence electrons. The van der Waals surface area contributed by atoms with E-state index in [1.54, 1.807) is 36.5 Å². The van der Waals surface area contributed by atoms with Crippen LogP contribution in [0.1, 0.15) is 16.1 Å². The highest BCUT2D eigenvalue weighted by Gasteiger charge is 2.11. The number of halogens is 1. The highest BCUT2D eigenvalue weighted by atomic mass is 35.5. The second kappa shape index (κ2) is 7.23. The Morgan fingerprint density at radius 1 is 1.20 bits per heavy atom. The number of aliphatic imine (C=N–C) groups is 1. The van der Waals surface area contributed by atoms with Gasteiger partial charge in [-0.15, -0.1) is 0 Å². The standard InChI is InChI=1S/C19H15ClN2O3/c1-25-19(24)17-11-13(4-9-18(17)20)21-12-15-3-2-10-22(15)14-5-7-16(23)8-6-14/h2-12,23H,1H3. The van der Waals surface area contributed by atoms with Gasteiger partial charge in [-0.1, -0.05) is 11.6 Å². The van der Waals surface area contributed by atoms with Crippen LogP contribution in [-0.2, 0) is 4.74 Å².